The van der Waals surface area contributed by atoms with Crippen molar-refractivity contribution >= 4 is 5.91 Å². The maximum atomic E-state index is 12.4. The average Bonchev–Trinajstić information content (AvgIpc) is 3.19. The molecule has 3 heterocycles. The van der Waals surface area contributed by atoms with E-state index in [0.717, 1.165) is 23.6 Å². The lowest BCUT2D eigenvalue weighted by Gasteiger charge is -2.23. The average molecular weight is 304 g/mol. The number of carbonyl (C=O) groups excluding carboxylic acids is 1. The normalized spacial score (nSPS) is 21.2. The molecule has 2 atom stereocenters. The second-order valence-corrected chi connectivity index (χ2v) is 5.70. The molecule has 1 fully saturated rings. The molecule has 0 aliphatic carbocycles. The van der Waals surface area contributed by atoms with Crippen LogP contribution in [-0.4, -0.2) is 62.5 Å². The number of aryl methyl sites for hydroxylation is 2. The lowest BCUT2D eigenvalue weighted by atomic mass is 10.0. The van der Waals surface area contributed by atoms with Gasteiger partial charge in [-0.25, -0.2) is 4.98 Å². The molecule has 0 bridgehead atoms. The first kappa shape index (κ1) is 14.7. The van der Waals surface area contributed by atoms with E-state index in [-0.39, 0.29) is 17.9 Å². The first-order valence-corrected chi connectivity index (χ1v) is 7.32. The fourth-order valence-electron chi connectivity index (χ4n) is 2.76. The van der Waals surface area contributed by atoms with Gasteiger partial charge in [0.1, 0.15) is 11.5 Å². The first-order valence-electron chi connectivity index (χ1n) is 7.32. The van der Waals surface area contributed by atoms with Gasteiger partial charge in [-0.1, -0.05) is 0 Å². The first-order chi connectivity index (χ1) is 10.6. The predicted octanol–water partition coefficient (Wildman–Crippen LogP) is 0.789. The van der Waals surface area contributed by atoms with Crippen LogP contribution in [0.3, 0.4) is 0 Å². The van der Waals surface area contributed by atoms with Crippen LogP contribution in [0.1, 0.15) is 40.0 Å². The minimum absolute atomic E-state index is 0.0876. The zero-order chi connectivity index (χ0) is 15.7. The maximum absolute atomic E-state index is 12.4. The van der Waals surface area contributed by atoms with Gasteiger partial charge < -0.3 is 9.64 Å². The number of hydrogen-bond donors (Lipinski definition) is 2. The molecule has 1 aliphatic rings. The number of nitrogens with one attached hydrogen (secondary N) is 2. The highest BCUT2D eigenvalue weighted by Crippen LogP contribution is 2.29. The Hall–Kier alpha value is -2.22. The molecule has 0 aromatic carbocycles. The summed E-state index contributed by atoms with van der Waals surface area (Å²) in [6, 6.07) is 0. The van der Waals surface area contributed by atoms with Crippen LogP contribution in [0.4, 0.5) is 0 Å². The van der Waals surface area contributed by atoms with Gasteiger partial charge in [-0.2, -0.15) is 10.2 Å². The maximum Gasteiger partial charge on any atom is 0.271 e. The van der Waals surface area contributed by atoms with Crippen LogP contribution in [0.5, 0.6) is 0 Å². The number of likely N-dealkylation sites (N-methyl/N-ethyl adjacent to an activating group) is 1. The number of ether oxygens (including phenoxy) is 1. The van der Waals surface area contributed by atoms with E-state index in [2.05, 4.69) is 25.4 Å². The molecule has 2 aromatic rings. The minimum Gasteiger partial charge on any atom is -0.376 e. The van der Waals surface area contributed by atoms with Crippen molar-refractivity contribution in [2.45, 2.75) is 32.3 Å². The van der Waals surface area contributed by atoms with Crippen molar-refractivity contribution in [3.8, 4) is 0 Å². The summed E-state index contributed by atoms with van der Waals surface area (Å²) in [5, 5.41) is 13.7. The summed E-state index contributed by atoms with van der Waals surface area (Å²) in [5.41, 5.74) is 1.36. The fourth-order valence-corrected chi connectivity index (χ4v) is 2.76. The molecule has 8 nitrogen and oxygen atoms in total. The molecule has 0 saturated carbocycles. The van der Waals surface area contributed by atoms with Crippen molar-refractivity contribution in [1.29, 1.82) is 0 Å². The van der Waals surface area contributed by atoms with E-state index < -0.39 is 0 Å². The standard InChI is InChI=1S/C14H20N6O2/c1-8-6-15-18-12(8)14(21)20(3)7-11-10(4-5-22-11)13-16-9(2)17-19-13/h6,10-11H,4-5,7H2,1-3H3,(H,15,18)(H,16,17,19)/t10-,11-/m1/s1. The summed E-state index contributed by atoms with van der Waals surface area (Å²) < 4.78 is 5.78. The second kappa shape index (κ2) is 5.88. The molecule has 2 aromatic heterocycles. The van der Waals surface area contributed by atoms with Crippen molar-refractivity contribution in [2.75, 3.05) is 20.2 Å². The predicted molar refractivity (Wildman–Crippen MR) is 78.5 cm³/mol. The van der Waals surface area contributed by atoms with Gasteiger partial charge in [0, 0.05) is 20.2 Å². The van der Waals surface area contributed by atoms with E-state index in [0.29, 0.717) is 18.8 Å². The van der Waals surface area contributed by atoms with Gasteiger partial charge in [0.25, 0.3) is 5.91 Å². The molecule has 2 N–H and O–H groups in total. The summed E-state index contributed by atoms with van der Waals surface area (Å²) in [5.74, 6) is 1.58. The number of carbonyl (C=O) groups is 1. The molecule has 0 radical (unpaired) electrons. The summed E-state index contributed by atoms with van der Waals surface area (Å²) in [6.07, 6.45) is 2.42. The van der Waals surface area contributed by atoms with E-state index in [9.17, 15) is 4.79 Å². The Balaban J connectivity index is 1.69. The summed E-state index contributed by atoms with van der Waals surface area (Å²) in [7, 11) is 1.77. The lowest BCUT2D eigenvalue weighted by molar-refractivity contribution is 0.0545. The minimum atomic E-state index is -0.0904. The van der Waals surface area contributed by atoms with Crippen molar-refractivity contribution in [1.82, 2.24) is 30.3 Å². The summed E-state index contributed by atoms with van der Waals surface area (Å²) in [4.78, 5) is 18.5. The lowest BCUT2D eigenvalue weighted by Crippen LogP contribution is -2.36. The molecular formula is C14H20N6O2. The van der Waals surface area contributed by atoms with E-state index in [4.69, 9.17) is 4.74 Å². The van der Waals surface area contributed by atoms with Crippen molar-refractivity contribution in [3.05, 3.63) is 29.1 Å². The van der Waals surface area contributed by atoms with Crippen molar-refractivity contribution < 1.29 is 9.53 Å². The Morgan fingerprint density at radius 2 is 2.27 bits per heavy atom. The number of rotatable bonds is 4. The Morgan fingerprint density at radius 3 is 2.91 bits per heavy atom. The Kier molecular flexibility index (Phi) is 3.93. The molecule has 3 rings (SSSR count). The monoisotopic (exact) mass is 304 g/mol. The molecule has 1 saturated heterocycles. The van der Waals surface area contributed by atoms with Gasteiger partial charge in [-0.3, -0.25) is 15.0 Å². The van der Waals surface area contributed by atoms with Crippen molar-refractivity contribution in [2.24, 2.45) is 0 Å². The number of nitrogens with zero attached hydrogens (tertiary/aromatic N) is 4. The molecule has 1 amide bonds. The third kappa shape index (κ3) is 2.74. The van der Waals surface area contributed by atoms with Crippen molar-refractivity contribution in [3.63, 3.8) is 0 Å². The third-order valence-corrected chi connectivity index (χ3v) is 4.00. The van der Waals surface area contributed by atoms with E-state index >= 15 is 0 Å². The van der Waals surface area contributed by atoms with Crippen LogP contribution in [-0.2, 0) is 4.74 Å². The molecule has 22 heavy (non-hydrogen) atoms. The quantitative estimate of drug-likeness (QED) is 0.870. The largest absolute Gasteiger partial charge is 0.376 e. The molecule has 0 unspecified atom stereocenters. The van der Waals surface area contributed by atoms with E-state index in [1.807, 2.05) is 13.8 Å². The highest BCUT2D eigenvalue weighted by molar-refractivity contribution is 5.93. The topological polar surface area (TPSA) is 99.8 Å². The molecule has 8 heteroatoms. The Labute approximate surface area is 128 Å². The van der Waals surface area contributed by atoms with Gasteiger partial charge in [0.15, 0.2) is 5.82 Å². The van der Waals surface area contributed by atoms with E-state index in [1.54, 1.807) is 18.1 Å². The molecule has 1 aliphatic heterocycles. The van der Waals surface area contributed by atoms with Gasteiger partial charge in [0.2, 0.25) is 0 Å². The van der Waals surface area contributed by atoms with Gasteiger partial charge in [-0.15, -0.1) is 0 Å². The third-order valence-electron chi connectivity index (χ3n) is 4.00. The van der Waals surface area contributed by atoms with Gasteiger partial charge in [-0.05, 0) is 25.8 Å². The highest BCUT2D eigenvalue weighted by Gasteiger charge is 2.34. The number of hydrogen-bond acceptors (Lipinski definition) is 5. The zero-order valence-corrected chi connectivity index (χ0v) is 13.0. The highest BCUT2D eigenvalue weighted by atomic mass is 16.5. The van der Waals surface area contributed by atoms with Crippen LogP contribution in [0.15, 0.2) is 6.20 Å². The molecule has 118 valence electrons. The number of H-pyrrole nitrogens is 2. The molecular weight excluding hydrogens is 284 g/mol. The molecule has 0 spiro atoms. The van der Waals surface area contributed by atoms with Gasteiger partial charge >= 0.3 is 0 Å². The van der Waals surface area contributed by atoms with Crippen LogP contribution in [0.2, 0.25) is 0 Å². The van der Waals surface area contributed by atoms with Gasteiger partial charge in [0.05, 0.1) is 18.2 Å². The Morgan fingerprint density at radius 1 is 1.45 bits per heavy atom. The Bertz CT molecular complexity index is 664. The zero-order valence-electron chi connectivity index (χ0n) is 13.0. The summed E-state index contributed by atoms with van der Waals surface area (Å²) in [6.45, 7) is 4.89. The smallest absolute Gasteiger partial charge is 0.271 e. The second-order valence-electron chi connectivity index (χ2n) is 5.70. The number of amides is 1. The fraction of sp³-hybridized carbons (Fsp3) is 0.571. The summed E-state index contributed by atoms with van der Waals surface area (Å²) >= 11 is 0. The van der Waals surface area contributed by atoms with Crippen LogP contribution < -0.4 is 0 Å². The number of aromatic amines is 2. The van der Waals surface area contributed by atoms with E-state index in [1.165, 1.54) is 0 Å². The van der Waals surface area contributed by atoms with Crippen LogP contribution in [0, 0.1) is 13.8 Å². The SMILES string of the molecule is Cc1nc([C@@H]2CCO[C@@H]2CN(C)C(=O)c2[nH]ncc2C)n[nH]1. The number of aromatic nitrogens is 5. The van der Waals surface area contributed by atoms with Crippen LogP contribution in [0.25, 0.3) is 0 Å². The van der Waals surface area contributed by atoms with Crippen LogP contribution >= 0.6 is 0 Å².